The SMILES string of the molecule is CC[C@@H](C)[C@@H](NC(=O)[C@@H]1CCCN1C(=O)[C@@H](CCC(=O)O)NC(=O)[C@H](C)N)C(=O)N1CCC[C@H]1C(=O)N[C@H](Cc1ccc(O)cc1)C(=O)O. The van der Waals surface area contributed by atoms with Crippen molar-refractivity contribution in [2.24, 2.45) is 11.7 Å². The van der Waals surface area contributed by atoms with E-state index in [9.17, 15) is 48.9 Å². The molecule has 7 atom stereocenters. The molecule has 3 rings (SSSR count). The van der Waals surface area contributed by atoms with E-state index in [0.29, 0.717) is 31.2 Å². The molecule has 1 aromatic rings. The molecule has 2 saturated heterocycles. The average Bonchev–Trinajstić information content (AvgIpc) is 3.76. The van der Waals surface area contributed by atoms with Gasteiger partial charge in [-0.25, -0.2) is 4.79 Å². The van der Waals surface area contributed by atoms with E-state index in [1.165, 1.54) is 28.9 Å². The molecule has 270 valence electrons. The second-order valence-electron chi connectivity index (χ2n) is 12.8. The Bertz CT molecular complexity index is 1390. The van der Waals surface area contributed by atoms with Crippen LogP contribution in [0.15, 0.2) is 24.3 Å². The molecule has 2 fully saturated rings. The van der Waals surface area contributed by atoms with Crippen molar-refractivity contribution < 1.29 is 48.9 Å². The van der Waals surface area contributed by atoms with Crippen molar-refractivity contribution in [2.45, 2.75) is 108 Å². The van der Waals surface area contributed by atoms with E-state index < -0.39 is 84.1 Å². The third-order valence-electron chi connectivity index (χ3n) is 9.12. The van der Waals surface area contributed by atoms with Gasteiger partial charge in [0.05, 0.1) is 6.04 Å². The van der Waals surface area contributed by atoms with E-state index in [1.54, 1.807) is 19.1 Å². The van der Waals surface area contributed by atoms with Crippen LogP contribution >= 0.6 is 0 Å². The molecule has 2 aliphatic rings. The van der Waals surface area contributed by atoms with Gasteiger partial charge in [0.2, 0.25) is 29.5 Å². The van der Waals surface area contributed by atoms with Crippen molar-refractivity contribution >= 4 is 41.5 Å². The summed E-state index contributed by atoms with van der Waals surface area (Å²) in [5, 5.41) is 36.3. The highest BCUT2D eigenvalue weighted by Crippen LogP contribution is 2.24. The Kier molecular flexibility index (Phi) is 13.9. The van der Waals surface area contributed by atoms with E-state index in [2.05, 4.69) is 16.0 Å². The Balaban J connectivity index is 1.75. The highest BCUT2D eigenvalue weighted by molar-refractivity contribution is 5.97. The van der Waals surface area contributed by atoms with Crippen molar-refractivity contribution in [3.63, 3.8) is 0 Å². The zero-order chi connectivity index (χ0) is 36.4. The molecule has 2 aliphatic heterocycles. The number of nitrogens with one attached hydrogen (secondary N) is 3. The molecule has 5 amide bonds. The van der Waals surface area contributed by atoms with Gasteiger partial charge in [-0.15, -0.1) is 0 Å². The third-order valence-corrected chi connectivity index (χ3v) is 9.12. The normalized spacial score (nSPS) is 20.4. The maximum absolute atomic E-state index is 14.0. The fourth-order valence-corrected chi connectivity index (χ4v) is 6.08. The van der Waals surface area contributed by atoms with E-state index >= 15 is 0 Å². The predicted molar refractivity (Wildman–Crippen MR) is 175 cm³/mol. The summed E-state index contributed by atoms with van der Waals surface area (Å²) in [7, 11) is 0. The lowest BCUT2D eigenvalue weighted by Gasteiger charge is -2.34. The lowest BCUT2D eigenvalue weighted by atomic mass is 9.96. The monoisotopic (exact) mass is 688 g/mol. The van der Waals surface area contributed by atoms with Gasteiger partial charge in [-0.2, -0.15) is 0 Å². The van der Waals surface area contributed by atoms with E-state index in [0.717, 1.165) is 0 Å². The van der Waals surface area contributed by atoms with E-state index in [4.69, 9.17) is 5.73 Å². The van der Waals surface area contributed by atoms with E-state index in [-0.39, 0.29) is 44.0 Å². The number of likely N-dealkylation sites (tertiary alicyclic amines) is 2. The molecule has 16 nitrogen and oxygen atoms in total. The number of hydrogen-bond donors (Lipinski definition) is 7. The third kappa shape index (κ3) is 10.4. The zero-order valence-electron chi connectivity index (χ0n) is 28.1. The molecule has 2 heterocycles. The summed E-state index contributed by atoms with van der Waals surface area (Å²) in [6.45, 7) is 5.43. The summed E-state index contributed by atoms with van der Waals surface area (Å²) in [5.74, 6) is -5.81. The van der Waals surface area contributed by atoms with Crippen molar-refractivity contribution in [3.8, 4) is 5.75 Å². The van der Waals surface area contributed by atoms with Crippen LogP contribution in [-0.2, 0) is 40.0 Å². The molecule has 0 saturated carbocycles. The summed E-state index contributed by atoms with van der Waals surface area (Å²) in [5.41, 5.74) is 6.21. The number of aromatic hydroxyl groups is 1. The number of carboxylic acid groups (broad SMARTS) is 2. The molecule has 0 radical (unpaired) electrons. The Morgan fingerprint density at radius 1 is 0.837 bits per heavy atom. The maximum Gasteiger partial charge on any atom is 0.326 e. The minimum absolute atomic E-state index is 0.0144. The van der Waals surface area contributed by atoms with E-state index in [1.807, 2.05) is 6.92 Å². The molecule has 49 heavy (non-hydrogen) atoms. The Labute approximate surface area is 284 Å². The second kappa shape index (κ2) is 17.6. The average molecular weight is 689 g/mol. The van der Waals surface area contributed by atoms with Crippen LogP contribution in [0, 0.1) is 5.92 Å². The summed E-state index contributed by atoms with van der Waals surface area (Å²) in [6, 6.07) is -0.550. The zero-order valence-corrected chi connectivity index (χ0v) is 28.1. The molecule has 0 aromatic heterocycles. The van der Waals surface area contributed by atoms with Crippen LogP contribution in [0.1, 0.15) is 71.3 Å². The number of rotatable bonds is 16. The number of nitrogens with zero attached hydrogens (tertiary/aromatic N) is 2. The first-order chi connectivity index (χ1) is 23.1. The number of carbonyl (C=O) groups is 7. The molecule has 16 heteroatoms. The molecule has 0 aliphatic carbocycles. The van der Waals surface area contributed by atoms with Gasteiger partial charge in [-0.3, -0.25) is 28.8 Å². The Morgan fingerprint density at radius 3 is 1.90 bits per heavy atom. The fourth-order valence-electron chi connectivity index (χ4n) is 6.08. The lowest BCUT2D eigenvalue weighted by Crippen LogP contribution is -2.60. The smallest absolute Gasteiger partial charge is 0.326 e. The number of hydrogen-bond acceptors (Lipinski definition) is 9. The molecule has 1 aromatic carbocycles. The number of benzene rings is 1. The van der Waals surface area contributed by atoms with Gasteiger partial charge in [-0.05, 0) is 62.6 Å². The number of carboxylic acids is 2. The minimum Gasteiger partial charge on any atom is -0.508 e. The van der Waals surface area contributed by atoms with Crippen LogP contribution in [0.25, 0.3) is 0 Å². The first-order valence-corrected chi connectivity index (χ1v) is 16.6. The quantitative estimate of drug-likeness (QED) is 0.119. The summed E-state index contributed by atoms with van der Waals surface area (Å²) in [4.78, 5) is 92.9. The number of nitrogens with two attached hydrogens (primary N) is 1. The van der Waals surface area contributed by atoms with Crippen LogP contribution in [-0.4, -0.2) is 116 Å². The fraction of sp³-hybridized carbons (Fsp3) is 0.606. The molecular weight excluding hydrogens is 640 g/mol. The number of phenols is 1. The number of amides is 5. The standard InChI is InChI=1S/C33H48N6O10/c1-4-18(2)27(37-30(45)25-8-5-15-38(25)31(46)22(13-14-26(41)42)35-28(43)19(3)34)32(47)39-16-6-7-24(39)29(44)36-23(33(48)49)17-20-9-11-21(40)12-10-20/h9-12,18-19,22-25,27,40H,4-8,13-17,34H2,1-3H3,(H,35,43)(H,36,44)(H,37,45)(H,41,42)(H,48,49)/t18-,19+,22-,23-,24+,25+,27-/m1/s1. The molecule has 0 bridgehead atoms. The van der Waals surface area contributed by atoms with Gasteiger partial charge >= 0.3 is 11.9 Å². The highest BCUT2D eigenvalue weighted by Gasteiger charge is 2.43. The molecular formula is C33H48N6O10. The van der Waals surface area contributed by atoms with Gasteiger partial charge in [0.15, 0.2) is 0 Å². The van der Waals surface area contributed by atoms with Crippen molar-refractivity contribution in [1.82, 2.24) is 25.8 Å². The predicted octanol–water partition coefficient (Wildman–Crippen LogP) is -0.286. The lowest BCUT2D eigenvalue weighted by molar-refractivity contribution is -0.146. The first-order valence-electron chi connectivity index (χ1n) is 16.6. The van der Waals surface area contributed by atoms with Gasteiger partial charge in [0.1, 0.15) is 36.0 Å². The summed E-state index contributed by atoms with van der Waals surface area (Å²) >= 11 is 0. The topological polar surface area (TPSA) is 249 Å². The summed E-state index contributed by atoms with van der Waals surface area (Å²) < 4.78 is 0. The van der Waals surface area contributed by atoms with Crippen molar-refractivity contribution in [2.75, 3.05) is 13.1 Å². The van der Waals surface area contributed by atoms with Crippen molar-refractivity contribution in [3.05, 3.63) is 29.8 Å². The van der Waals surface area contributed by atoms with Crippen molar-refractivity contribution in [1.29, 1.82) is 0 Å². The largest absolute Gasteiger partial charge is 0.508 e. The Morgan fingerprint density at radius 2 is 1.39 bits per heavy atom. The van der Waals surface area contributed by atoms with Gasteiger partial charge in [0, 0.05) is 25.9 Å². The molecule has 0 unspecified atom stereocenters. The van der Waals surface area contributed by atoms with Gasteiger partial charge in [0.25, 0.3) is 0 Å². The molecule has 8 N–H and O–H groups in total. The van der Waals surface area contributed by atoms with Gasteiger partial charge in [-0.1, -0.05) is 32.4 Å². The van der Waals surface area contributed by atoms with Gasteiger partial charge < -0.3 is 46.8 Å². The second-order valence-corrected chi connectivity index (χ2v) is 12.8. The number of phenolic OH excluding ortho intramolecular Hbond substituents is 1. The minimum atomic E-state index is -1.29. The number of aliphatic carboxylic acids is 2. The highest BCUT2D eigenvalue weighted by atomic mass is 16.4. The number of carbonyl (C=O) groups excluding carboxylic acids is 5. The van der Waals surface area contributed by atoms with Crippen LogP contribution < -0.4 is 21.7 Å². The summed E-state index contributed by atoms with van der Waals surface area (Å²) in [6.07, 6.45) is 1.34. The van der Waals surface area contributed by atoms with Crippen LogP contribution in [0.4, 0.5) is 0 Å². The van der Waals surface area contributed by atoms with Crippen LogP contribution in [0.5, 0.6) is 5.75 Å². The molecule has 0 spiro atoms. The van der Waals surface area contributed by atoms with Crippen LogP contribution in [0.3, 0.4) is 0 Å². The Hall–Kier alpha value is -4.73. The maximum atomic E-state index is 14.0. The van der Waals surface area contributed by atoms with Crippen LogP contribution in [0.2, 0.25) is 0 Å². The first kappa shape index (κ1) is 38.7.